The fraction of sp³-hybridized carbons (Fsp3) is 0.583. The Morgan fingerprint density at radius 3 is 2.31 bits per heavy atom. The lowest BCUT2D eigenvalue weighted by atomic mass is 9.49. The Labute approximate surface area is 361 Å². The number of aliphatic hydroxyl groups is 3. The van der Waals surface area contributed by atoms with Crippen molar-refractivity contribution in [2.75, 3.05) is 7.11 Å². The van der Waals surface area contributed by atoms with Crippen molar-refractivity contribution in [1.82, 2.24) is 0 Å². The topological polar surface area (TPSA) is 216 Å². The molecule has 62 heavy (non-hydrogen) atoms. The van der Waals surface area contributed by atoms with Crippen molar-refractivity contribution >= 4 is 23.7 Å². The summed E-state index contributed by atoms with van der Waals surface area (Å²) in [6.07, 6.45) is 2.24. The van der Waals surface area contributed by atoms with E-state index < -0.39 is 112 Å². The third kappa shape index (κ3) is 7.40. The van der Waals surface area contributed by atoms with E-state index in [1.54, 1.807) is 26.8 Å². The molecule has 5 N–H and O–H groups in total. The first-order chi connectivity index (χ1) is 29.2. The number of aryl methyl sites for hydroxylation is 1. The van der Waals surface area contributed by atoms with E-state index in [1.807, 2.05) is 33.8 Å². The van der Waals surface area contributed by atoms with Crippen LogP contribution in [-0.2, 0) is 33.3 Å². The van der Waals surface area contributed by atoms with Crippen LogP contribution in [0.15, 0.2) is 70.1 Å². The molecule has 1 spiro atoms. The predicted octanol–water partition coefficient (Wildman–Crippen LogP) is 6.36. The minimum absolute atomic E-state index is 0.0658. The molecule has 0 aromatic heterocycles. The van der Waals surface area contributed by atoms with Crippen LogP contribution in [0, 0.1) is 47.8 Å². The molecule has 7 rings (SSSR count). The molecule has 3 fully saturated rings. The number of aliphatic hydroxyl groups excluding tert-OH is 3. The van der Waals surface area contributed by atoms with Gasteiger partial charge in [0.1, 0.15) is 40.6 Å². The van der Waals surface area contributed by atoms with Gasteiger partial charge in [0.25, 0.3) is 0 Å². The number of rotatable bonds is 6. The number of phenols is 1. The fourth-order valence-electron chi connectivity index (χ4n) is 11.8. The van der Waals surface area contributed by atoms with Crippen LogP contribution in [0.2, 0.25) is 0 Å². The maximum absolute atomic E-state index is 15.0. The number of esters is 2. The van der Waals surface area contributed by atoms with Gasteiger partial charge in [-0.05, 0) is 89.7 Å². The smallest absolute Gasteiger partial charge is 0.346 e. The number of ether oxygens (including phenoxy) is 5. The Hall–Kier alpha value is -4.76. The molecule has 336 valence electrons. The molecule has 0 unspecified atom stereocenters. The highest BCUT2D eigenvalue weighted by atomic mass is 16.7. The molecule has 2 aliphatic heterocycles. The zero-order chi connectivity index (χ0) is 45.3. The van der Waals surface area contributed by atoms with Crippen molar-refractivity contribution in [2.45, 2.75) is 130 Å². The number of hydrogen-bond donors (Lipinski definition) is 5. The Morgan fingerprint density at radius 2 is 1.65 bits per heavy atom. The molecular formula is C48H60O14. The minimum Gasteiger partial charge on any atom is -0.511 e. The highest BCUT2D eigenvalue weighted by molar-refractivity contribution is 6.26. The maximum Gasteiger partial charge on any atom is 0.346 e. The summed E-state index contributed by atoms with van der Waals surface area (Å²) in [5, 5.41) is 56.4. The Morgan fingerprint density at radius 1 is 0.935 bits per heavy atom. The lowest BCUT2D eigenvalue weighted by Gasteiger charge is -2.56. The van der Waals surface area contributed by atoms with Crippen molar-refractivity contribution in [3.05, 3.63) is 81.2 Å². The number of fused-ring (bicyclic) bond motifs is 4. The quantitative estimate of drug-likeness (QED) is 0.120. The van der Waals surface area contributed by atoms with Gasteiger partial charge in [0.15, 0.2) is 18.0 Å². The summed E-state index contributed by atoms with van der Waals surface area (Å²) >= 11 is 0. The second-order valence-electron chi connectivity index (χ2n) is 18.7. The minimum atomic E-state index is -1.74. The van der Waals surface area contributed by atoms with E-state index in [1.165, 1.54) is 19.3 Å². The number of allylic oxidation sites excluding steroid dienone is 5. The van der Waals surface area contributed by atoms with Crippen LogP contribution in [0.4, 0.5) is 0 Å². The zero-order valence-corrected chi connectivity index (χ0v) is 36.8. The number of carboxylic acid groups (broad SMARTS) is 1. The van der Waals surface area contributed by atoms with Crippen molar-refractivity contribution in [3.63, 3.8) is 0 Å². The second kappa shape index (κ2) is 16.7. The SMILES string of the molecule is COc1cc(C)c(C(=O)O[C@H]2[C@@H](O)[C@H](O[C@H]3CC[C@H](C)[C@@H]4[C@@H]3C=C(C)[C@H]3/C(C)=C/CC/C(C)=C/[C@@H]5C=C(C(=O)O)[C@H](C)C[C@]56OC(=O)C(=C(O)[C@@]43C)C6=O)O[C@H](C)[C@H]2O)c(O)c1. The Balaban J connectivity index is 1.27. The van der Waals surface area contributed by atoms with Crippen LogP contribution in [0.25, 0.3) is 0 Å². The van der Waals surface area contributed by atoms with E-state index in [4.69, 9.17) is 23.7 Å². The zero-order valence-electron chi connectivity index (χ0n) is 36.8. The van der Waals surface area contributed by atoms with E-state index in [9.17, 15) is 44.7 Å². The molecule has 14 heteroatoms. The summed E-state index contributed by atoms with van der Waals surface area (Å²) < 4.78 is 29.7. The molecule has 1 aromatic carbocycles. The highest BCUT2D eigenvalue weighted by Gasteiger charge is 2.64. The van der Waals surface area contributed by atoms with Gasteiger partial charge in [0, 0.05) is 41.2 Å². The number of hydrogen-bond acceptors (Lipinski definition) is 13. The summed E-state index contributed by atoms with van der Waals surface area (Å²) in [4.78, 5) is 55.0. The largest absolute Gasteiger partial charge is 0.511 e. The lowest BCUT2D eigenvalue weighted by Crippen LogP contribution is -2.60. The Bertz CT molecular complexity index is 2170. The van der Waals surface area contributed by atoms with Gasteiger partial charge in [-0.2, -0.15) is 0 Å². The number of phenolic OH excluding ortho intramolecular Hbond substituents is 1. The number of aliphatic carboxylic acids is 1. The summed E-state index contributed by atoms with van der Waals surface area (Å²) in [5.74, 6) is -7.07. The third-order valence-electron chi connectivity index (χ3n) is 14.7. The van der Waals surface area contributed by atoms with E-state index in [2.05, 4.69) is 19.1 Å². The van der Waals surface area contributed by atoms with Gasteiger partial charge in [-0.15, -0.1) is 0 Å². The van der Waals surface area contributed by atoms with Crippen molar-refractivity contribution in [2.24, 2.45) is 40.9 Å². The molecule has 1 saturated carbocycles. The molecule has 2 saturated heterocycles. The number of aromatic hydroxyl groups is 1. The number of carbonyl (C=O) groups is 4. The van der Waals surface area contributed by atoms with Crippen LogP contribution in [0.5, 0.6) is 11.5 Å². The van der Waals surface area contributed by atoms with Crippen LogP contribution in [-0.4, -0.2) is 98.7 Å². The number of methoxy groups -OCH3 is 1. The summed E-state index contributed by atoms with van der Waals surface area (Å²) in [6, 6.07) is 2.81. The van der Waals surface area contributed by atoms with Crippen LogP contribution in [0.1, 0.15) is 96.5 Å². The molecule has 0 amide bonds. The fourth-order valence-corrected chi connectivity index (χ4v) is 11.8. The number of Topliss-reactive ketones (excluding diaryl/α,β-unsaturated/α-hetero) is 1. The summed E-state index contributed by atoms with van der Waals surface area (Å²) in [5.41, 5.74) is -0.382. The van der Waals surface area contributed by atoms with Crippen molar-refractivity contribution in [3.8, 4) is 11.5 Å². The van der Waals surface area contributed by atoms with Gasteiger partial charge >= 0.3 is 17.9 Å². The standard InChI is InChI=1S/C48H60O14/c1-21-11-10-12-22(2)36-25(5)17-31-33(60-46-39(51)40(38(50)27(7)59-46)61-44(56)34-24(4)16-29(58-9)19-32(34)49)14-13-23(3)37(31)47(36,8)41(52)35-42(53)48(62-45(35)57)20-26(6)30(43(54)55)18-28(48)15-21/h12,15-19,23,26-28,31,33,36-40,46,49-52H,10-11,13-14,20H2,1-9H3,(H,54,55)/b21-15+,22-12+,41-35?/t23-,26+,27+,28+,31+,33-,36+,37+,38+,39+,40+,46-,47+,48-/m0/s1. The molecule has 0 radical (unpaired) electrons. The maximum atomic E-state index is 15.0. The van der Waals surface area contributed by atoms with E-state index >= 15 is 0 Å². The molecule has 2 heterocycles. The van der Waals surface area contributed by atoms with Crippen molar-refractivity contribution < 1.29 is 68.4 Å². The lowest BCUT2D eigenvalue weighted by molar-refractivity contribution is -0.311. The molecule has 4 aliphatic carbocycles. The highest BCUT2D eigenvalue weighted by Crippen LogP contribution is 2.62. The van der Waals surface area contributed by atoms with Gasteiger partial charge in [0.2, 0.25) is 5.78 Å². The van der Waals surface area contributed by atoms with Crippen LogP contribution < -0.4 is 4.74 Å². The van der Waals surface area contributed by atoms with Gasteiger partial charge in [-0.1, -0.05) is 61.8 Å². The normalized spacial score (nSPS) is 40.2. The molecule has 6 aliphatic rings. The van der Waals surface area contributed by atoms with Gasteiger partial charge in [-0.3, -0.25) is 4.79 Å². The first-order valence-electron chi connectivity index (χ1n) is 21.6. The van der Waals surface area contributed by atoms with E-state index in [0.29, 0.717) is 37.0 Å². The third-order valence-corrected chi connectivity index (χ3v) is 14.7. The summed E-state index contributed by atoms with van der Waals surface area (Å²) in [7, 11) is 1.42. The molecule has 2 bridgehead atoms. The second-order valence-corrected chi connectivity index (χ2v) is 18.7. The number of ketones is 1. The van der Waals surface area contributed by atoms with E-state index in [0.717, 1.165) is 16.7 Å². The average Bonchev–Trinajstić information content (AvgIpc) is 3.43. The Kier molecular flexibility index (Phi) is 12.2. The molecule has 14 nitrogen and oxygen atoms in total. The number of carbonyl (C=O) groups excluding carboxylic acids is 3. The average molecular weight is 861 g/mol. The summed E-state index contributed by atoms with van der Waals surface area (Å²) in [6.45, 7) is 14.7. The molecule has 1 aromatic rings. The van der Waals surface area contributed by atoms with Crippen molar-refractivity contribution in [1.29, 1.82) is 0 Å². The van der Waals surface area contributed by atoms with Crippen LogP contribution in [0.3, 0.4) is 0 Å². The molecule has 14 atom stereocenters. The van der Waals surface area contributed by atoms with Crippen LogP contribution >= 0.6 is 0 Å². The van der Waals surface area contributed by atoms with Gasteiger partial charge < -0.3 is 49.2 Å². The first kappa shape index (κ1) is 45.3. The first-order valence-corrected chi connectivity index (χ1v) is 21.6. The monoisotopic (exact) mass is 860 g/mol. The number of benzene rings is 1. The van der Waals surface area contributed by atoms with Gasteiger partial charge in [0.05, 0.1) is 19.3 Å². The number of carboxylic acids is 1. The van der Waals surface area contributed by atoms with Gasteiger partial charge in [-0.25, -0.2) is 14.4 Å². The van der Waals surface area contributed by atoms with E-state index in [-0.39, 0.29) is 29.2 Å². The predicted molar refractivity (Wildman–Crippen MR) is 224 cm³/mol. The molecular weight excluding hydrogens is 801 g/mol.